The monoisotopic (exact) mass is 399 g/mol. The third-order valence-electron chi connectivity index (χ3n) is 6.29. The average Bonchev–Trinajstić information content (AvgIpc) is 3.46. The summed E-state index contributed by atoms with van der Waals surface area (Å²) in [5.41, 5.74) is 6.25. The second-order valence-electron chi connectivity index (χ2n) is 8.14. The Labute approximate surface area is 176 Å². The number of aryl methyl sites for hydroxylation is 2. The summed E-state index contributed by atoms with van der Waals surface area (Å²) in [5, 5.41) is 3.17. The number of hydrogen-bond donors (Lipinski definition) is 1. The van der Waals surface area contributed by atoms with Gasteiger partial charge in [0.05, 0.1) is 5.41 Å². The summed E-state index contributed by atoms with van der Waals surface area (Å²) in [4.78, 5) is 13.3. The normalized spacial score (nSPS) is 15.7. The minimum absolute atomic E-state index is 0.0416. The fourth-order valence-corrected chi connectivity index (χ4v) is 4.30. The second-order valence-corrected chi connectivity index (χ2v) is 8.14. The molecule has 0 atom stereocenters. The van der Waals surface area contributed by atoms with Crippen LogP contribution in [-0.4, -0.2) is 12.7 Å². The van der Waals surface area contributed by atoms with Gasteiger partial charge in [-0.25, -0.2) is 0 Å². The van der Waals surface area contributed by atoms with Gasteiger partial charge in [0.25, 0.3) is 0 Å². The van der Waals surface area contributed by atoms with Crippen molar-refractivity contribution < 1.29 is 14.3 Å². The van der Waals surface area contributed by atoms with Crippen LogP contribution in [0.15, 0.2) is 60.7 Å². The molecule has 4 heteroatoms. The van der Waals surface area contributed by atoms with E-state index in [1.807, 2.05) is 24.3 Å². The van der Waals surface area contributed by atoms with Crippen LogP contribution in [0.1, 0.15) is 36.5 Å². The first-order valence-electron chi connectivity index (χ1n) is 10.5. The molecule has 0 saturated heterocycles. The molecule has 3 aromatic carbocycles. The molecule has 1 fully saturated rings. The zero-order chi connectivity index (χ0) is 20.7. The van der Waals surface area contributed by atoms with Crippen molar-refractivity contribution in [1.29, 1.82) is 0 Å². The number of fused-ring (bicyclic) bond motifs is 1. The summed E-state index contributed by atoms with van der Waals surface area (Å²) in [7, 11) is 0. The van der Waals surface area contributed by atoms with E-state index in [1.54, 1.807) is 0 Å². The maximum atomic E-state index is 13.3. The van der Waals surface area contributed by atoms with Crippen LogP contribution in [0.3, 0.4) is 0 Å². The Hall–Kier alpha value is -3.27. The van der Waals surface area contributed by atoms with Crippen LogP contribution in [0.5, 0.6) is 11.5 Å². The lowest BCUT2D eigenvalue weighted by Gasteiger charge is -2.18. The van der Waals surface area contributed by atoms with Crippen molar-refractivity contribution in [3.05, 3.63) is 77.4 Å². The van der Waals surface area contributed by atoms with Crippen LogP contribution >= 0.6 is 0 Å². The minimum atomic E-state index is -0.479. The lowest BCUT2D eigenvalue weighted by atomic mass is 9.93. The molecule has 0 radical (unpaired) electrons. The molecule has 30 heavy (non-hydrogen) atoms. The fraction of sp³-hybridized carbons (Fsp3) is 0.269. The molecule has 0 aromatic heterocycles. The molecular weight excluding hydrogens is 374 g/mol. The first-order chi connectivity index (χ1) is 14.6. The van der Waals surface area contributed by atoms with Gasteiger partial charge in [-0.3, -0.25) is 4.79 Å². The quantitative estimate of drug-likeness (QED) is 0.605. The van der Waals surface area contributed by atoms with Crippen LogP contribution in [0.4, 0.5) is 5.69 Å². The number of benzene rings is 3. The zero-order valence-corrected chi connectivity index (χ0v) is 17.3. The number of hydrogen-bond acceptors (Lipinski definition) is 3. The van der Waals surface area contributed by atoms with Gasteiger partial charge in [-0.2, -0.15) is 0 Å². The lowest BCUT2D eigenvalue weighted by Crippen LogP contribution is -2.27. The Morgan fingerprint density at radius 1 is 0.967 bits per heavy atom. The lowest BCUT2D eigenvalue weighted by molar-refractivity contribution is -0.118. The van der Waals surface area contributed by atoms with E-state index in [-0.39, 0.29) is 12.7 Å². The van der Waals surface area contributed by atoms with Crippen molar-refractivity contribution in [2.75, 3.05) is 12.1 Å². The third-order valence-corrected chi connectivity index (χ3v) is 6.29. The first kappa shape index (κ1) is 18.7. The second kappa shape index (κ2) is 7.21. The smallest absolute Gasteiger partial charge is 0.235 e. The summed E-state index contributed by atoms with van der Waals surface area (Å²) in [5.74, 6) is 1.51. The Balaban J connectivity index is 1.43. The van der Waals surface area contributed by atoms with Crippen LogP contribution in [0.2, 0.25) is 0 Å². The number of rotatable bonds is 5. The van der Waals surface area contributed by atoms with Crippen LogP contribution < -0.4 is 14.8 Å². The van der Waals surface area contributed by atoms with Gasteiger partial charge >= 0.3 is 0 Å². The van der Waals surface area contributed by atoms with Crippen molar-refractivity contribution in [2.24, 2.45) is 0 Å². The van der Waals surface area contributed by atoms with E-state index >= 15 is 0 Å². The number of amides is 1. The molecule has 152 valence electrons. The summed E-state index contributed by atoms with van der Waals surface area (Å²) in [6, 6.07) is 20.5. The first-order valence-corrected chi connectivity index (χ1v) is 10.5. The largest absolute Gasteiger partial charge is 0.454 e. The Morgan fingerprint density at radius 3 is 2.57 bits per heavy atom. The molecule has 2 aliphatic rings. The molecule has 4 nitrogen and oxygen atoms in total. The van der Waals surface area contributed by atoms with Crippen LogP contribution in [0.25, 0.3) is 11.1 Å². The van der Waals surface area contributed by atoms with Crippen molar-refractivity contribution in [3.8, 4) is 22.6 Å². The van der Waals surface area contributed by atoms with Crippen molar-refractivity contribution in [1.82, 2.24) is 0 Å². The number of carbonyl (C=O) groups excluding carboxylic acids is 1. The number of carbonyl (C=O) groups is 1. The van der Waals surface area contributed by atoms with Gasteiger partial charge in [-0.1, -0.05) is 43.3 Å². The van der Waals surface area contributed by atoms with Crippen molar-refractivity contribution in [3.63, 3.8) is 0 Å². The van der Waals surface area contributed by atoms with Crippen LogP contribution in [0, 0.1) is 6.92 Å². The zero-order valence-electron chi connectivity index (χ0n) is 17.3. The molecule has 1 aliphatic carbocycles. The third kappa shape index (κ3) is 3.13. The van der Waals surface area contributed by atoms with Gasteiger partial charge in [0.15, 0.2) is 11.5 Å². The molecule has 1 N–H and O–H groups in total. The number of ether oxygens (including phenoxy) is 2. The summed E-state index contributed by atoms with van der Waals surface area (Å²) in [6.45, 7) is 4.52. The van der Waals surface area contributed by atoms with E-state index in [2.05, 4.69) is 55.6 Å². The van der Waals surface area contributed by atoms with E-state index in [9.17, 15) is 4.79 Å². The SMILES string of the molecule is CCc1ccccc1-c1cc(NC(=O)C2(c3ccc4c(c3)OCO4)CC2)ccc1C. The number of nitrogens with one attached hydrogen (secondary N) is 1. The van der Waals surface area contributed by atoms with E-state index in [0.29, 0.717) is 0 Å². The van der Waals surface area contributed by atoms with E-state index in [0.717, 1.165) is 47.6 Å². The van der Waals surface area contributed by atoms with Crippen molar-refractivity contribution in [2.45, 2.75) is 38.5 Å². The predicted octanol–water partition coefficient (Wildman–Crippen LogP) is 5.62. The number of anilines is 1. The van der Waals surface area contributed by atoms with E-state index in [1.165, 1.54) is 16.7 Å². The van der Waals surface area contributed by atoms with E-state index < -0.39 is 5.41 Å². The Kier molecular flexibility index (Phi) is 4.50. The molecule has 0 spiro atoms. The highest BCUT2D eigenvalue weighted by Crippen LogP contribution is 2.51. The maximum absolute atomic E-state index is 13.3. The maximum Gasteiger partial charge on any atom is 0.235 e. The fourth-order valence-electron chi connectivity index (χ4n) is 4.30. The highest BCUT2D eigenvalue weighted by atomic mass is 16.7. The Morgan fingerprint density at radius 2 is 1.77 bits per heavy atom. The standard InChI is InChI=1S/C26H25NO3/c1-3-18-6-4-5-7-21(18)22-15-20(10-8-17(22)2)27-25(28)26(12-13-26)19-9-11-23-24(14-19)30-16-29-23/h4-11,14-15H,3,12-13,16H2,1-2H3,(H,27,28). The van der Waals surface area contributed by atoms with Gasteiger partial charge in [-0.05, 0) is 78.3 Å². The van der Waals surface area contributed by atoms with Gasteiger partial charge in [0, 0.05) is 5.69 Å². The Bertz CT molecular complexity index is 1130. The van der Waals surface area contributed by atoms with Gasteiger partial charge in [0.1, 0.15) is 0 Å². The molecule has 0 unspecified atom stereocenters. The van der Waals surface area contributed by atoms with Crippen molar-refractivity contribution >= 4 is 11.6 Å². The van der Waals surface area contributed by atoms with Crippen LogP contribution in [-0.2, 0) is 16.6 Å². The van der Waals surface area contributed by atoms with Gasteiger partial charge < -0.3 is 14.8 Å². The highest BCUT2D eigenvalue weighted by molar-refractivity contribution is 6.02. The topological polar surface area (TPSA) is 47.6 Å². The van der Waals surface area contributed by atoms with Gasteiger partial charge in [-0.15, -0.1) is 0 Å². The highest BCUT2D eigenvalue weighted by Gasteiger charge is 2.51. The van der Waals surface area contributed by atoms with E-state index in [4.69, 9.17) is 9.47 Å². The molecule has 1 amide bonds. The molecule has 1 heterocycles. The molecule has 5 rings (SSSR count). The molecular formula is C26H25NO3. The predicted molar refractivity (Wildman–Crippen MR) is 118 cm³/mol. The summed E-state index contributed by atoms with van der Waals surface area (Å²) < 4.78 is 10.9. The molecule has 3 aromatic rings. The summed E-state index contributed by atoms with van der Waals surface area (Å²) in [6.07, 6.45) is 2.66. The molecule has 1 aliphatic heterocycles. The minimum Gasteiger partial charge on any atom is -0.454 e. The van der Waals surface area contributed by atoms with Gasteiger partial charge in [0.2, 0.25) is 12.7 Å². The average molecular weight is 399 g/mol. The molecule has 1 saturated carbocycles. The molecule has 0 bridgehead atoms. The summed E-state index contributed by atoms with van der Waals surface area (Å²) >= 11 is 0.